The van der Waals surface area contributed by atoms with Crippen molar-refractivity contribution in [3.63, 3.8) is 0 Å². The monoisotopic (exact) mass is 420 g/mol. The van der Waals surface area contributed by atoms with Crippen LogP contribution in [0, 0.1) is 0 Å². The van der Waals surface area contributed by atoms with E-state index in [2.05, 4.69) is 33.8 Å². The third kappa shape index (κ3) is 4.56. The Hall–Kier alpha value is -1.18. The molecule has 8 heteroatoms. The summed E-state index contributed by atoms with van der Waals surface area (Å²) in [6.45, 7) is 4.00. The highest BCUT2D eigenvalue weighted by Gasteiger charge is 2.29. The van der Waals surface area contributed by atoms with Crippen molar-refractivity contribution in [3.05, 3.63) is 40.1 Å². The number of piperazine rings is 1. The summed E-state index contributed by atoms with van der Waals surface area (Å²) in [5.74, 6) is 2.08. The lowest BCUT2D eigenvalue weighted by molar-refractivity contribution is 0.196. The van der Waals surface area contributed by atoms with Gasteiger partial charge in [-0.1, -0.05) is 6.07 Å². The number of rotatable bonds is 6. The Kier molecular flexibility index (Phi) is 9.54. The van der Waals surface area contributed by atoms with Crippen molar-refractivity contribution in [3.8, 4) is 17.2 Å². The molecule has 1 atom stereocenters. The Morgan fingerprint density at radius 3 is 2.19 bits per heavy atom. The number of benzene rings is 1. The van der Waals surface area contributed by atoms with Crippen molar-refractivity contribution in [2.45, 2.75) is 6.04 Å². The van der Waals surface area contributed by atoms with Crippen LogP contribution in [0.3, 0.4) is 0 Å². The average Bonchev–Trinajstić information content (AvgIpc) is 3.16. The Labute approximate surface area is 171 Å². The first-order valence-electron chi connectivity index (χ1n) is 8.07. The van der Waals surface area contributed by atoms with E-state index in [1.54, 1.807) is 32.7 Å². The van der Waals surface area contributed by atoms with E-state index in [1.807, 2.05) is 6.07 Å². The molecule has 0 amide bonds. The van der Waals surface area contributed by atoms with Crippen LogP contribution in [-0.2, 0) is 0 Å². The maximum absolute atomic E-state index is 5.74. The summed E-state index contributed by atoms with van der Waals surface area (Å²) in [7, 11) is 4.98. The van der Waals surface area contributed by atoms with Crippen molar-refractivity contribution < 1.29 is 14.2 Å². The van der Waals surface area contributed by atoms with Crippen molar-refractivity contribution in [1.29, 1.82) is 0 Å². The molecule has 1 fully saturated rings. The Morgan fingerprint density at radius 1 is 0.962 bits per heavy atom. The van der Waals surface area contributed by atoms with Gasteiger partial charge in [-0.25, -0.2) is 0 Å². The number of hydrogen-bond donors (Lipinski definition) is 1. The zero-order valence-corrected chi connectivity index (χ0v) is 17.6. The lowest BCUT2D eigenvalue weighted by Crippen LogP contribution is -2.45. The SMILES string of the molecule is COc1ccc([C@@H](c2cccs2)N2CCNCC2)c(OC)c1OC.Cl.Cl. The summed E-state index contributed by atoms with van der Waals surface area (Å²) >= 11 is 1.77. The molecule has 0 unspecified atom stereocenters. The van der Waals surface area contributed by atoms with Crippen LogP contribution in [0.5, 0.6) is 17.2 Å². The molecule has 2 aromatic rings. The van der Waals surface area contributed by atoms with E-state index < -0.39 is 0 Å². The van der Waals surface area contributed by atoms with E-state index in [1.165, 1.54) is 4.88 Å². The second kappa shape index (κ2) is 10.8. The quantitative estimate of drug-likeness (QED) is 0.772. The van der Waals surface area contributed by atoms with Gasteiger partial charge in [-0.2, -0.15) is 0 Å². The molecule has 26 heavy (non-hydrogen) atoms. The molecule has 0 bridgehead atoms. The van der Waals surface area contributed by atoms with Crippen molar-refractivity contribution >= 4 is 36.2 Å². The molecule has 1 N–H and O–H groups in total. The number of nitrogens with one attached hydrogen (secondary N) is 1. The molecule has 1 aromatic carbocycles. The normalized spacial score (nSPS) is 15.3. The first-order valence-corrected chi connectivity index (χ1v) is 8.95. The van der Waals surface area contributed by atoms with E-state index in [-0.39, 0.29) is 30.9 Å². The fraction of sp³-hybridized carbons (Fsp3) is 0.444. The first-order chi connectivity index (χ1) is 11.8. The number of nitrogens with zero attached hydrogens (tertiary/aromatic N) is 1. The lowest BCUT2D eigenvalue weighted by atomic mass is 10.0. The molecular formula is C18H26Cl2N2O3S. The molecule has 0 radical (unpaired) electrons. The van der Waals surface area contributed by atoms with Crippen LogP contribution < -0.4 is 19.5 Å². The van der Waals surface area contributed by atoms with Gasteiger partial charge in [0.15, 0.2) is 11.5 Å². The Bertz CT molecular complexity index is 665. The highest BCUT2D eigenvalue weighted by atomic mass is 35.5. The Balaban J connectivity index is 0.00000169. The summed E-state index contributed by atoms with van der Waals surface area (Å²) in [5.41, 5.74) is 1.11. The highest BCUT2D eigenvalue weighted by Crippen LogP contribution is 2.45. The van der Waals surface area contributed by atoms with Crippen LogP contribution in [0.15, 0.2) is 29.6 Å². The highest BCUT2D eigenvalue weighted by molar-refractivity contribution is 7.10. The van der Waals surface area contributed by atoms with Gasteiger partial charge in [0.05, 0.1) is 27.4 Å². The smallest absolute Gasteiger partial charge is 0.203 e. The van der Waals surface area contributed by atoms with E-state index >= 15 is 0 Å². The largest absolute Gasteiger partial charge is 0.493 e. The molecule has 3 rings (SSSR count). The number of methoxy groups -OCH3 is 3. The van der Waals surface area contributed by atoms with Gasteiger partial charge < -0.3 is 19.5 Å². The summed E-state index contributed by atoms with van der Waals surface area (Å²) in [4.78, 5) is 3.80. The third-order valence-electron chi connectivity index (χ3n) is 4.36. The maximum Gasteiger partial charge on any atom is 0.203 e. The number of ether oxygens (including phenoxy) is 3. The fourth-order valence-electron chi connectivity index (χ4n) is 3.26. The van der Waals surface area contributed by atoms with Crippen LogP contribution in [0.1, 0.15) is 16.5 Å². The van der Waals surface area contributed by atoms with Gasteiger partial charge in [0, 0.05) is 36.6 Å². The molecule has 5 nitrogen and oxygen atoms in total. The number of halogens is 2. The van der Waals surface area contributed by atoms with Gasteiger partial charge in [0.1, 0.15) is 0 Å². The zero-order chi connectivity index (χ0) is 16.9. The molecule has 1 aromatic heterocycles. The molecule has 146 valence electrons. The van der Waals surface area contributed by atoms with Crippen LogP contribution in [0.25, 0.3) is 0 Å². The van der Waals surface area contributed by atoms with Gasteiger partial charge >= 0.3 is 0 Å². The Morgan fingerprint density at radius 2 is 1.65 bits per heavy atom. The maximum atomic E-state index is 5.74. The summed E-state index contributed by atoms with van der Waals surface area (Å²) in [5, 5.41) is 5.54. The number of hydrogen-bond acceptors (Lipinski definition) is 6. The van der Waals surface area contributed by atoms with Crippen LogP contribution >= 0.6 is 36.2 Å². The summed E-state index contributed by atoms with van der Waals surface area (Å²) < 4.78 is 16.7. The molecule has 1 aliphatic rings. The van der Waals surface area contributed by atoms with Crippen LogP contribution in [0.2, 0.25) is 0 Å². The van der Waals surface area contributed by atoms with Gasteiger partial charge in [-0.15, -0.1) is 36.2 Å². The van der Waals surface area contributed by atoms with Gasteiger partial charge in [0.25, 0.3) is 0 Å². The molecular weight excluding hydrogens is 395 g/mol. The molecule has 0 spiro atoms. The predicted molar refractivity (Wildman–Crippen MR) is 111 cm³/mol. The number of thiophene rings is 1. The topological polar surface area (TPSA) is 43.0 Å². The molecule has 2 heterocycles. The lowest BCUT2D eigenvalue weighted by Gasteiger charge is -2.35. The first kappa shape index (κ1) is 22.9. The zero-order valence-electron chi connectivity index (χ0n) is 15.2. The average molecular weight is 421 g/mol. The predicted octanol–water partition coefficient (Wildman–Crippen LogP) is 3.61. The molecule has 0 aliphatic carbocycles. The fourth-order valence-corrected chi connectivity index (χ4v) is 4.13. The van der Waals surface area contributed by atoms with E-state index in [9.17, 15) is 0 Å². The van der Waals surface area contributed by atoms with Crippen LogP contribution in [0.4, 0.5) is 0 Å². The molecule has 1 saturated heterocycles. The van der Waals surface area contributed by atoms with E-state index in [0.717, 1.165) is 37.5 Å². The third-order valence-corrected chi connectivity index (χ3v) is 5.28. The van der Waals surface area contributed by atoms with E-state index in [0.29, 0.717) is 11.5 Å². The standard InChI is InChI=1S/C18H24N2O3S.2ClH/c1-21-14-7-6-13(17(22-2)18(14)23-3)16(15-5-4-12-24-15)20-10-8-19-9-11-20;;/h4-7,12,16,19H,8-11H2,1-3H3;2*1H/t16-;;/m0../s1. The summed E-state index contributed by atoms with van der Waals surface area (Å²) in [6, 6.07) is 8.49. The van der Waals surface area contributed by atoms with Crippen LogP contribution in [-0.4, -0.2) is 52.4 Å². The minimum absolute atomic E-state index is 0. The van der Waals surface area contributed by atoms with Crippen molar-refractivity contribution in [2.75, 3.05) is 47.5 Å². The van der Waals surface area contributed by atoms with Crippen molar-refractivity contribution in [2.24, 2.45) is 0 Å². The minimum Gasteiger partial charge on any atom is -0.493 e. The van der Waals surface area contributed by atoms with Crippen molar-refractivity contribution in [1.82, 2.24) is 10.2 Å². The van der Waals surface area contributed by atoms with Gasteiger partial charge in [-0.3, -0.25) is 4.90 Å². The summed E-state index contributed by atoms with van der Waals surface area (Å²) in [6.07, 6.45) is 0. The van der Waals surface area contributed by atoms with Gasteiger partial charge in [0.2, 0.25) is 5.75 Å². The van der Waals surface area contributed by atoms with E-state index in [4.69, 9.17) is 14.2 Å². The minimum atomic E-state index is 0. The second-order valence-electron chi connectivity index (χ2n) is 5.63. The molecule has 0 saturated carbocycles. The van der Waals surface area contributed by atoms with Gasteiger partial charge in [-0.05, 0) is 23.6 Å². The second-order valence-corrected chi connectivity index (χ2v) is 6.61. The molecule has 1 aliphatic heterocycles.